The molecule has 0 radical (unpaired) electrons. The monoisotopic (exact) mass is 328 g/mol. The molecule has 1 fully saturated rings. The highest BCUT2D eigenvalue weighted by Gasteiger charge is 2.23. The summed E-state index contributed by atoms with van der Waals surface area (Å²) >= 11 is 7.97. The number of piperazine rings is 1. The van der Waals surface area contributed by atoms with E-state index in [1.165, 1.54) is 4.88 Å². The number of thiophene rings is 1. The molecule has 1 N–H and O–H groups in total. The van der Waals surface area contributed by atoms with Gasteiger partial charge in [-0.25, -0.2) is 0 Å². The predicted molar refractivity (Wildman–Crippen MR) is 85.8 cm³/mol. The van der Waals surface area contributed by atoms with Crippen LogP contribution in [0.3, 0.4) is 0 Å². The van der Waals surface area contributed by atoms with Crippen molar-refractivity contribution >= 4 is 47.8 Å². The standard InChI is InChI=1S/C12H17ClN2S.2ClH/c1-2-3-11(12-10(13)4-9-16-12)15-7-5-14-6-8-15;;/h2,4,9,11,14H,1,3,5-8H2;2*1H/t11-;;/m1../s1. The number of hydrogen-bond donors (Lipinski definition) is 1. The maximum Gasteiger partial charge on any atom is 0.0561 e. The lowest BCUT2D eigenvalue weighted by atomic mass is 10.1. The Kier molecular flexibility index (Phi) is 9.30. The van der Waals surface area contributed by atoms with Gasteiger partial charge in [-0.15, -0.1) is 42.7 Å². The topological polar surface area (TPSA) is 15.3 Å². The van der Waals surface area contributed by atoms with E-state index in [1.807, 2.05) is 12.1 Å². The van der Waals surface area contributed by atoms with Gasteiger partial charge in [-0.2, -0.15) is 0 Å². The van der Waals surface area contributed by atoms with Gasteiger partial charge in [-0.05, 0) is 17.9 Å². The molecule has 1 atom stereocenters. The van der Waals surface area contributed by atoms with Gasteiger partial charge in [0.2, 0.25) is 0 Å². The van der Waals surface area contributed by atoms with Crippen molar-refractivity contribution in [3.05, 3.63) is 34.0 Å². The molecule has 1 aliphatic heterocycles. The second-order valence-electron chi connectivity index (χ2n) is 3.96. The van der Waals surface area contributed by atoms with Crippen molar-refractivity contribution in [3.63, 3.8) is 0 Å². The van der Waals surface area contributed by atoms with Gasteiger partial charge in [0.05, 0.1) is 5.02 Å². The summed E-state index contributed by atoms with van der Waals surface area (Å²) in [6.07, 6.45) is 2.96. The second kappa shape index (κ2) is 9.18. The highest BCUT2D eigenvalue weighted by molar-refractivity contribution is 7.10. The molecule has 6 heteroatoms. The molecule has 0 unspecified atom stereocenters. The van der Waals surface area contributed by atoms with E-state index in [2.05, 4.69) is 22.2 Å². The van der Waals surface area contributed by atoms with E-state index in [1.54, 1.807) is 11.3 Å². The number of halogens is 3. The lowest BCUT2D eigenvalue weighted by Crippen LogP contribution is -2.44. The van der Waals surface area contributed by atoms with E-state index in [4.69, 9.17) is 11.6 Å². The molecule has 2 heterocycles. The molecule has 0 bridgehead atoms. The lowest BCUT2D eigenvalue weighted by molar-refractivity contribution is 0.177. The van der Waals surface area contributed by atoms with Crippen molar-refractivity contribution in [2.75, 3.05) is 26.2 Å². The van der Waals surface area contributed by atoms with Crippen LogP contribution in [0.25, 0.3) is 0 Å². The Morgan fingerprint density at radius 1 is 1.44 bits per heavy atom. The first kappa shape index (κ1) is 18.2. The fourth-order valence-corrected chi connectivity index (χ4v) is 3.45. The van der Waals surface area contributed by atoms with Crippen LogP contribution in [0.2, 0.25) is 5.02 Å². The quantitative estimate of drug-likeness (QED) is 0.846. The van der Waals surface area contributed by atoms with E-state index in [0.29, 0.717) is 6.04 Å². The molecule has 0 saturated carbocycles. The fourth-order valence-electron chi connectivity index (χ4n) is 2.12. The van der Waals surface area contributed by atoms with Crippen LogP contribution in [0.1, 0.15) is 17.3 Å². The van der Waals surface area contributed by atoms with Crippen molar-refractivity contribution in [1.82, 2.24) is 10.2 Å². The summed E-state index contributed by atoms with van der Waals surface area (Å²) in [5.41, 5.74) is 0. The highest BCUT2D eigenvalue weighted by Crippen LogP contribution is 2.34. The minimum Gasteiger partial charge on any atom is -0.314 e. The van der Waals surface area contributed by atoms with Crippen LogP contribution in [0, 0.1) is 0 Å². The van der Waals surface area contributed by atoms with Gasteiger partial charge in [-0.3, -0.25) is 4.90 Å². The van der Waals surface area contributed by atoms with E-state index in [9.17, 15) is 0 Å². The molecule has 1 aliphatic rings. The lowest BCUT2D eigenvalue weighted by Gasteiger charge is -2.34. The van der Waals surface area contributed by atoms with E-state index in [-0.39, 0.29) is 24.8 Å². The van der Waals surface area contributed by atoms with Crippen LogP contribution in [0.15, 0.2) is 24.1 Å². The first-order valence-electron chi connectivity index (χ1n) is 5.61. The van der Waals surface area contributed by atoms with Crippen molar-refractivity contribution < 1.29 is 0 Å². The fraction of sp³-hybridized carbons (Fsp3) is 0.500. The molecular weight excluding hydrogens is 311 g/mol. The normalized spacial score (nSPS) is 17.4. The van der Waals surface area contributed by atoms with Crippen molar-refractivity contribution in [1.29, 1.82) is 0 Å². The molecule has 0 amide bonds. The molecule has 0 aliphatic carbocycles. The number of nitrogens with zero attached hydrogens (tertiary/aromatic N) is 1. The van der Waals surface area contributed by atoms with Crippen molar-refractivity contribution in [2.24, 2.45) is 0 Å². The minimum atomic E-state index is 0. The zero-order valence-electron chi connectivity index (χ0n) is 10.1. The molecule has 2 nitrogen and oxygen atoms in total. The van der Waals surface area contributed by atoms with Gasteiger partial charge in [0.25, 0.3) is 0 Å². The Bertz CT molecular complexity index is 351. The SMILES string of the molecule is C=CC[C@H](c1sccc1Cl)N1CCNCC1.Cl.Cl. The number of rotatable bonds is 4. The van der Waals surface area contributed by atoms with Crippen LogP contribution in [0.5, 0.6) is 0 Å². The summed E-state index contributed by atoms with van der Waals surface area (Å²) in [5, 5.41) is 6.34. The average Bonchev–Trinajstić information content (AvgIpc) is 2.73. The van der Waals surface area contributed by atoms with Crippen molar-refractivity contribution in [2.45, 2.75) is 12.5 Å². The summed E-state index contributed by atoms with van der Waals surface area (Å²) < 4.78 is 0. The first-order valence-corrected chi connectivity index (χ1v) is 6.87. The van der Waals surface area contributed by atoms with Crippen LogP contribution >= 0.6 is 47.8 Å². The minimum absolute atomic E-state index is 0. The smallest absolute Gasteiger partial charge is 0.0561 e. The van der Waals surface area contributed by atoms with Crippen LogP contribution in [-0.4, -0.2) is 31.1 Å². The van der Waals surface area contributed by atoms with Gasteiger partial charge in [0.15, 0.2) is 0 Å². The number of hydrogen-bond acceptors (Lipinski definition) is 3. The van der Waals surface area contributed by atoms with Gasteiger partial charge in [0.1, 0.15) is 0 Å². The zero-order chi connectivity index (χ0) is 11.4. The Balaban J connectivity index is 0.00000144. The van der Waals surface area contributed by atoms with E-state index in [0.717, 1.165) is 37.6 Å². The Labute approximate surface area is 130 Å². The van der Waals surface area contributed by atoms with Crippen LogP contribution in [-0.2, 0) is 0 Å². The molecule has 1 aromatic rings. The van der Waals surface area contributed by atoms with E-state index >= 15 is 0 Å². The predicted octanol–water partition coefficient (Wildman–Crippen LogP) is 3.77. The molecule has 0 aromatic carbocycles. The average molecular weight is 330 g/mol. The first-order chi connectivity index (χ1) is 7.83. The third-order valence-corrected chi connectivity index (χ3v) is 4.39. The molecule has 1 aromatic heterocycles. The molecule has 18 heavy (non-hydrogen) atoms. The third kappa shape index (κ3) is 4.41. The molecule has 104 valence electrons. The Morgan fingerprint density at radius 2 is 2.11 bits per heavy atom. The van der Waals surface area contributed by atoms with Gasteiger partial charge in [-0.1, -0.05) is 17.7 Å². The summed E-state index contributed by atoms with van der Waals surface area (Å²) in [7, 11) is 0. The molecule has 2 rings (SSSR count). The zero-order valence-corrected chi connectivity index (χ0v) is 13.3. The summed E-state index contributed by atoms with van der Waals surface area (Å²) in [6.45, 7) is 8.17. The third-order valence-electron chi connectivity index (χ3n) is 2.93. The summed E-state index contributed by atoms with van der Waals surface area (Å²) in [5.74, 6) is 0. The number of nitrogens with one attached hydrogen (secondary N) is 1. The van der Waals surface area contributed by atoms with Gasteiger partial charge < -0.3 is 5.32 Å². The molecule has 1 saturated heterocycles. The Hall–Kier alpha value is 0.230. The van der Waals surface area contributed by atoms with Crippen molar-refractivity contribution in [3.8, 4) is 0 Å². The summed E-state index contributed by atoms with van der Waals surface area (Å²) in [6, 6.07) is 2.40. The molecular formula is C12H19Cl3N2S. The maximum absolute atomic E-state index is 6.22. The van der Waals surface area contributed by atoms with Gasteiger partial charge in [0, 0.05) is 37.1 Å². The second-order valence-corrected chi connectivity index (χ2v) is 5.31. The van der Waals surface area contributed by atoms with Crippen LogP contribution < -0.4 is 5.32 Å². The van der Waals surface area contributed by atoms with Crippen LogP contribution in [0.4, 0.5) is 0 Å². The van der Waals surface area contributed by atoms with E-state index < -0.39 is 0 Å². The maximum atomic E-state index is 6.22. The Morgan fingerprint density at radius 3 is 2.61 bits per heavy atom. The molecule has 0 spiro atoms. The summed E-state index contributed by atoms with van der Waals surface area (Å²) in [4.78, 5) is 3.78. The van der Waals surface area contributed by atoms with Gasteiger partial charge >= 0.3 is 0 Å². The largest absolute Gasteiger partial charge is 0.314 e. The highest BCUT2D eigenvalue weighted by atomic mass is 35.5.